The Labute approximate surface area is 128 Å². The highest BCUT2D eigenvalue weighted by molar-refractivity contribution is 5.72. The van der Waals surface area contributed by atoms with Crippen molar-refractivity contribution in [2.75, 3.05) is 6.61 Å². The van der Waals surface area contributed by atoms with Crippen LogP contribution in [0.3, 0.4) is 0 Å². The second-order valence-corrected chi connectivity index (χ2v) is 6.51. The van der Waals surface area contributed by atoms with Crippen LogP contribution in [0.2, 0.25) is 0 Å². The van der Waals surface area contributed by atoms with E-state index in [4.69, 9.17) is 9.47 Å². The van der Waals surface area contributed by atoms with Gasteiger partial charge >= 0.3 is 11.9 Å². The van der Waals surface area contributed by atoms with Crippen LogP contribution in [0.5, 0.6) is 0 Å². The Bertz CT molecular complexity index is 338. The molecule has 21 heavy (non-hydrogen) atoms. The van der Waals surface area contributed by atoms with E-state index in [2.05, 4.69) is 20.8 Å². The first-order chi connectivity index (χ1) is 9.93. The molecule has 0 spiro atoms. The fourth-order valence-electron chi connectivity index (χ4n) is 3.09. The standard InChI is InChI=1S/C17H30O4/c1-5-20-16(18)7-6-8-17(19)21-15-11-13(4)9-10-14(15)12(2)3/h12-15H,5-11H2,1-4H3. The molecule has 122 valence electrons. The zero-order chi connectivity index (χ0) is 15.8. The molecule has 3 unspecified atom stereocenters. The van der Waals surface area contributed by atoms with Gasteiger partial charge < -0.3 is 9.47 Å². The van der Waals surface area contributed by atoms with Gasteiger partial charge in [0.1, 0.15) is 6.10 Å². The number of carbonyl (C=O) groups is 2. The van der Waals surface area contributed by atoms with Crippen LogP contribution in [0.15, 0.2) is 0 Å². The van der Waals surface area contributed by atoms with Gasteiger partial charge in [0.25, 0.3) is 0 Å². The zero-order valence-corrected chi connectivity index (χ0v) is 13.9. The molecule has 1 rings (SSSR count). The Morgan fingerprint density at radius 3 is 2.43 bits per heavy atom. The smallest absolute Gasteiger partial charge is 0.306 e. The van der Waals surface area contributed by atoms with E-state index in [1.165, 1.54) is 6.42 Å². The molecular weight excluding hydrogens is 268 g/mol. The minimum absolute atomic E-state index is 0.0452. The van der Waals surface area contributed by atoms with E-state index >= 15 is 0 Å². The highest BCUT2D eigenvalue weighted by Gasteiger charge is 2.33. The molecule has 0 N–H and O–H groups in total. The summed E-state index contributed by atoms with van der Waals surface area (Å²) in [5.74, 6) is 1.21. The molecule has 3 atom stereocenters. The Morgan fingerprint density at radius 2 is 1.81 bits per heavy atom. The predicted octanol–water partition coefficient (Wildman–Crippen LogP) is 3.72. The topological polar surface area (TPSA) is 52.6 Å². The zero-order valence-electron chi connectivity index (χ0n) is 13.9. The first-order valence-electron chi connectivity index (χ1n) is 8.29. The molecule has 0 radical (unpaired) electrons. The van der Waals surface area contributed by atoms with E-state index < -0.39 is 0 Å². The largest absolute Gasteiger partial charge is 0.466 e. The average Bonchev–Trinajstić information content (AvgIpc) is 2.38. The molecule has 1 saturated carbocycles. The SMILES string of the molecule is CCOC(=O)CCCC(=O)OC1CC(C)CCC1C(C)C. The molecule has 0 aromatic rings. The van der Waals surface area contributed by atoms with Crippen molar-refractivity contribution in [2.45, 2.75) is 72.3 Å². The maximum Gasteiger partial charge on any atom is 0.306 e. The van der Waals surface area contributed by atoms with E-state index in [9.17, 15) is 9.59 Å². The lowest BCUT2D eigenvalue weighted by atomic mass is 9.75. The number of esters is 2. The van der Waals surface area contributed by atoms with Gasteiger partial charge in [0.05, 0.1) is 6.61 Å². The summed E-state index contributed by atoms with van der Waals surface area (Å²) in [6, 6.07) is 0. The third-order valence-corrected chi connectivity index (χ3v) is 4.31. The second-order valence-electron chi connectivity index (χ2n) is 6.51. The average molecular weight is 298 g/mol. The van der Waals surface area contributed by atoms with Gasteiger partial charge in [-0.25, -0.2) is 0 Å². The summed E-state index contributed by atoms with van der Waals surface area (Å²) >= 11 is 0. The maximum absolute atomic E-state index is 12.0. The van der Waals surface area contributed by atoms with Gasteiger partial charge in [-0.1, -0.05) is 27.2 Å². The summed E-state index contributed by atoms with van der Waals surface area (Å²) in [4.78, 5) is 23.2. The molecule has 1 fully saturated rings. The molecule has 4 nitrogen and oxygen atoms in total. The number of hydrogen-bond donors (Lipinski definition) is 0. The Morgan fingerprint density at radius 1 is 1.14 bits per heavy atom. The van der Waals surface area contributed by atoms with Crippen LogP contribution < -0.4 is 0 Å². The number of ether oxygens (including phenoxy) is 2. The third-order valence-electron chi connectivity index (χ3n) is 4.31. The molecular formula is C17H30O4. The van der Waals surface area contributed by atoms with Crippen LogP contribution in [0.25, 0.3) is 0 Å². The quantitative estimate of drug-likeness (QED) is 0.672. The van der Waals surface area contributed by atoms with E-state index in [-0.39, 0.29) is 24.5 Å². The van der Waals surface area contributed by atoms with Crippen LogP contribution in [0.4, 0.5) is 0 Å². The lowest BCUT2D eigenvalue weighted by Crippen LogP contribution is -2.35. The van der Waals surface area contributed by atoms with Gasteiger partial charge in [0.2, 0.25) is 0 Å². The molecule has 0 heterocycles. The van der Waals surface area contributed by atoms with Gasteiger partial charge in [-0.15, -0.1) is 0 Å². The van der Waals surface area contributed by atoms with Crippen molar-refractivity contribution in [1.82, 2.24) is 0 Å². The first-order valence-corrected chi connectivity index (χ1v) is 8.29. The maximum atomic E-state index is 12.0. The van der Waals surface area contributed by atoms with Crippen molar-refractivity contribution in [2.24, 2.45) is 17.8 Å². The van der Waals surface area contributed by atoms with Crippen LogP contribution >= 0.6 is 0 Å². The monoisotopic (exact) mass is 298 g/mol. The van der Waals surface area contributed by atoms with Gasteiger partial charge in [-0.05, 0) is 43.9 Å². The fraction of sp³-hybridized carbons (Fsp3) is 0.882. The van der Waals surface area contributed by atoms with E-state index in [1.807, 2.05) is 0 Å². The van der Waals surface area contributed by atoms with Crippen LogP contribution in [-0.4, -0.2) is 24.6 Å². The van der Waals surface area contributed by atoms with Gasteiger partial charge in [0.15, 0.2) is 0 Å². The van der Waals surface area contributed by atoms with Crippen molar-refractivity contribution in [1.29, 1.82) is 0 Å². The highest BCUT2D eigenvalue weighted by atomic mass is 16.5. The summed E-state index contributed by atoms with van der Waals surface area (Å²) in [7, 11) is 0. The van der Waals surface area contributed by atoms with E-state index in [0.29, 0.717) is 37.2 Å². The van der Waals surface area contributed by atoms with Crippen molar-refractivity contribution < 1.29 is 19.1 Å². The van der Waals surface area contributed by atoms with Crippen LogP contribution in [-0.2, 0) is 19.1 Å². The minimum atomic E-state index is -0.239. The molecule has 0 saturated heterocycles. The Kier molecular flexibility index (Phi) is 7.76. The molecule has 1 aliphatic carbocycles. The molecule has 4 heteroatoms. The lowest BCUT2D eigenvalue weighted by molar-refractivity contribution is -0.156. The predicted molar refractivity (Wildman–Crippen MR) is 81.7 cm³/mol. The number of carbonyl (C=O) groups excluding carboxylic acids is 2. The normalized spacial score (nSPS) is 25.7. The van der Waals surface area contributed by atoms with E-state index in [1.54, 1.807) is 6.92 Å². The van der Waals surface area contributed by atoms with E-state index in [0.717, 1.165) is 12.8 Å². The molecule has 1 aliphatic rings. The summed E-state index contributed by atoms with van der Waals surface area (Å²) in [5.41, 5.74) is 0. The second kappa shape index (κ2) is 9.06. The molecule has 0 amide bonds. The third kappa shape index (κ3) is 6.49. The highest BCUT2D eigenvalue weighted by Crippen LogP contribution is 2.35. The molecule has 0 aromatic carbocycles. The van der Waals surface area contributed by atoms with Crippen LogP contribution in [0, 0.1) is 17.8 Å². The first kappa shape index (κ1) is 18.0. The van der Waals surface area contributed by atoms with Gasteiger partial charge in [-0.3, -0.25) is 9.59 Å². The number of hydrogen-bond acceptors (Lipinski definition) is 4. The lowest BCUT2D eigenvalue weighted by Gasteiger charge is -2.36. The summed E-state index contributed by atoms with van der Waals surface area (Å²) < 4.78 is 10.5. The number of rotatable bonds is 7. The summed E-state index contributed by atoms with van der Waals surface area (Å²) in [6.45, 7) is 8.78. The molecule has 0 bridgehead atoms. The fourth-order valence-corrected chi connectivity index (χ4v) is 3.09. The Hall–Kier alpha value is -1.06. The molecule has 0 aliphatic heterocycles. The van der Waals surface area contributed by atoms with Crippen LogP contribution in [0.1, 0.15) is 66.2 Å². The van der Waals surface area contributed by atoms with Crippen molar-refractivity contribution in [3.05, 3.63) is 0 Å². The van der Waals surface area contributed by atoms with Crippen molar-refractivity contribution in [3.8, 4) is 0 Å². The molecule has 0 aromatic heterocycles. The summed E-state index contributed by atoms with van der Waals surface area (Å²) in [6.07, 6.45) is 4.47. The summed E-state index contributed by atoms with van der Waals surface area (Å²) in [5, 5.41) is 0. The minimum Gasteiger partial charge on any atom is -0.466 e. The Balaban J connectivity index is 2.35. The van der Waals surface area contributed by atoms with Gasteiger partial charge in [-0.2, -0.15) is 0 Å². The van der Waals surface area contributed by atoms with Gasteiger partial charge in [0, 0.05) is 12.8 Å². The van der Waals surface area contributed by atoms with Crippen molar-refractivity contribution in [3.63, 3.8) is 0 Å². The van der Waals surface area contributed by atoms with Crippen molar-refractivity contribution >= 4 is 11.9 Å².